The molecule has 10 heteroatoms. The summed E-state index contributed by atoms with van der Waals surface area (Å²) in [4.78, 5) is 24.9. The largest absolute Gasteiger partial charge is 0.452 e. The Hall–Kier alpha value is -2.15. The quantitative estimate of drug-likeness (QED) is 0.732. The smallest absolute Gasteiger partial charge is 0.338 e. The first-order valence-corrected chi connectivity index (χ1v) is 8.90. The number of amides is 1. The second kappa shape index (κ2) is 7.82. The van der Waals surface area contributed by atoms with Gasteiger partial charge in [0, 0.05) is 7.05 Å². The molecule has 0 heterocycles. The molecule has 0 atom stereocenters. The van der Waals surface area contributed by atoms with Gasteiger partial charge in [-0.05, 0) is 39.1 Å². The standard InChI is InChI=1S/C15H18ClN3O5S/c1-15(2,9-17)19(4)13(20)8-24-14(21)10-5-6-11(16)12(7-10)25(22,23)18-3/h5-7,18H,8H2,1-4H3. The zero-order valence-corrected chi connectivity index (χ0v) is 15.7. The lowest BCUT2D eigenvalue weighted by atomic mass is 10.1. The third-order valence-electron chi connectivity index (χ3n) is 3.54. The molecule has 25 heavy (non-hydrogen) atoms. The van der Waals surface area contributed by atoms with E-state index in [1.54, 1.807) is 13.8 Å². The van der Waals surface area contributed by atoms with Gasteiger partial charge in [0.1, 0.15) is 10.4 Å². The number of halogens is 1. The second-order valence-corrected chi connectivity index (χ2v) is 7.81. The summed E-state index contributed by atoms with van der Waals surface area (Å²) in [6.45, 7) is 2.50. The van der Waals surface area contributed by atoms with E-state index in [1.807, 2.05) is 6.07 Å². The topological polar surface area (TPSA) is 117 Å². The lowest BCUT2D eigenvalue weighted by molar-refractivity contribution is -0.136. The van der Waals surface area contributed by atoms with Crippen molar-refractivity contribution in [3.05, 3.63) is 28.8 Å². The molecule has 0 bridgehead atoms. The Kier molecular flexibility index (Phi) is 6.54. The van der Waals surface area contributed by atoms with E-state index in [9.17, 15) is 18.0 Å². The second-order valence-electron chi connectivity index (χ2n) is 5.55. The molecule has 1 aromatic rings. The van der Waals surface area contributed by atoms with Gasteiger partial charge in [-0.25, -0.2) is 17.9 Å². The molecule has 8 nitrogen and oxygen atoms in total. The number of esters is 1. The van der Waals surface area contributed by atoms with Gasteiger partial charge in [0.25, 0.3) is 5.91 Å². The average Bonchev–Trinajstić information content (AvgIpc) is 2.58. The predicted molar refractivity (Wildman–Crippen MR) is 90.4 cm³/mol. The zero-order valence-electron chi connectivity index (χ0n) is 14.2. The number of rotatable bonds is 6. The van der Waals surface area contributed by atoms with Crippen LogP contribution in [0.5, 0.6) is 0 Å². The first-order valence-electron chi connectivity index (χ1n) is 7.04. The molecule has 0 aliphatic rings. The number of nitrogens with one attached hydrogen (secondary N) is 1. The number of likely N-dealkylation sites (N-methyl/N-ethyl adjacent to an activating group) is 1. The molecule has 0 unspecified atom stereocenters. The highest BCUT2D eigenvalue weighted by atomic mass is 35.5. The van der Waals surface area contributed by atoms with E-state index in [0.717, 1.165) is 11.0 Å². The highest BCUT2D eigenvalue weighted by molar-refractivity contribution is 7.89. The molecule has 1 amide bonds. The molecule has 0 aromatic heterocycles. The molecule has 136 valence electrons. The summed E-state index contributed by atoms with van der Waals surface area (Å²) in [6, 6.07) is 5.54. The summed E-state index contributed by atoms with van der Waals surface area (Å²) >= 11 is 5.84. The fourth-order valence-corrected chi connectivity index (χ4v) is 2.89. The molecule has 1 aromatic carbocycles. The first-order chi connectivity index (χ1) is 11.5. The zero-order chi connectivity index (χ0) is 19.4. The molecule has 0 fully saturated rings. The number of benzene rings is 1. The van der Waals surface area contributed by atoms with Crippen molar-refractivity contribution in [2.24, 2.45) is 0 Å². The van der Waals surface area contributed by atoms with Crippen LogP contribution in [-0.4, -0.2) is 51.4 Å². The van der Waals surface area contributed by atoms with Crippen molar-refractivity contribution in [2.75, 3.05) is 20.7 Å². The van der Waals surface area contributed by atoms with E-state index in [0.29, 0.717) is 0 Å². The van der Waals surface area contributed by atoms with Gasteiger partial charge in [0.15, 0.2) is 6.61 Å². The first kappa shape index (κ1) is 20.9. The predicted octanol–water partition coefficient (Wildman–Crippen LogP) is 1.17. The van der Waals surface area contributed by atoms with Crippen LogP contribution in [0.4, 0.5) is 0 Å². The van der Waals surface area contributed by atoms with Crippen molar-refractivity contribution in [3.8, 4) is 6.07 Å². The van der Waals surface area contributed by atoms with E-state index in [-0.39, 0.29) is 15.5 Å². The van der Waals surface area contributed by atoms with Crippen molar-refractivity contribution in [2.45, 2.75) is 24.3 Å². The van der Waals surface area contributed by atoms with Crippen LogP contribution >= 0.6 is 11.6 Å². The van der Waals surface area contributed by atoms with Crippen LogP contribution in [-0.2, 0) is 19.6 Å². The molecule has 1 N–H and O–H groups in total. The van der Waals surface area contributed by atoms with E-state index in [2.05, 4.69) is 4.72 Å². The highest BCUT2D eigenvalue weighted by Crippen LogP contribution is 2.23. The number of nitrogens with zero attached hydrogens (tertiary/aromatic N) is 2. The third-order valence-corrected chi connectivity index (χ3v) is 5.43. The van der Waals surface area contributed by atoms with Crippen LogP contribution < -0.4 is 4.72 Å². The van der Waals surface area contributed by atoms with E-state index in [4.69, 9.17) is 21.6 Å². The third kappa shape index (κ3) is 4.92. The van der Waals surface area contributed by atoms with Gasteiger partial charge in [-0.15, -0.1) is 0 Å². The number of hydrogen-bond acceptors (Lipinski definition) is 6. The Morgan fingerprint density at radius 1 is 1.40 bits per heavy atom. The average molecular weight is 388 g/mol. The molecule has 0 saturated carbocycles. The van der Waals surface area contributed by atoms with Crippen molar-refractivity contribution in [3.63, 3.8) is 0 Å². The van der Waals surface area contributed by atoms with Crippen molar-refractivity contribution >= 4 is 33.5 Å². The highest BCUT2D eigenvalue weighted by Gasteiger charge is 2.28. The van der Waals surface area contributed by atoms with Crippen LogP contribution in [0, 0.1) is 11.3 Å². The minimum Gasteiger partial charge on any atom is -0.452 e. The molecular weight excluding hydrogens is 370 g/mol. The van der Waals surface area contributed by atoms with E-state index < -0.39 is 34.0 Å². The molecule has 0 saturated heterocycles. The number of nitriles is 1. The maximum atomic E-state index is 12.1. The van der Waals surface area contributed by atoms with Gasteiger partial charge in [0.2, 0.25) is 10.0 Å². The van der Waals surface area contributed by atoms with Crippen LogP contribution in [0.15, 0.2) is 23.1 Å². The molecule has 0 aliphatic heterocycles. The van der Waals surface area contributed by atoms with E-state index >= 15 is 0 Å². The van der Waals surface area contributed by atoms with Crippen LogP contribution in [0.3, 0.4) is 0 Å². The Morgan fingerprint density at radius 3 is 2.52 bits per heavy atom. The SMILES string of the molecule is CNS(=O)(=O)c1cc(C(=O)OCC(=O)N(C)C(C)(C)C#N)ccc1Cl. The lowest BCUT2D eigenvalue weighted by Crippen LogP contribution is -2.45. The van der Waals surface area contributed by atoms with Crippen LogP contribution in [0.25, 0.3) is 0 Å². The maximum absolute atomic E-state index is 12.1. The minimum absolute atomic E-state index is 0.0579. The lowest BCUT2D eigenvalue weighted by Gasteiger charge is -2.28. The van der Waals surface area contributed by atoms with Gasteiger partial charge < -0.3 is 9.64 Å². The summed E-state index contributed by atoms with van der Waals surface area (Å²) in [6.07, 6.45) is 0. The Bertz CT molecular complexity index is 830. The normalized spacial score (nSPS) is 11.5. The van der Waals surface area contributed by atoms with Gasteiger partial charge in [-0.3, -0.25) is 4.79 Å². The van der Waals surface area contributed by atoms with Gasteiger partial charge in [-0.1, -0.05) is 11.6 Å². The van der Waals surface area contributed by atoms with Gasteiger partial charge in [-0.2, -0.15) is 5.26 Å². The van der Waals surface area contributed by atoms with Crippen molar-refractivity contribution in [1.82, 2.24) is 9.62 Å². The number of ether oxygens (including phenoxy) is 1. The minimum atomic E-state index is -3.85. The molecular formula is C15H18ClN3O5S. The van der Waals surface area contributed by atoms with Crippen molar-refractivity contribution in [1.29, 1.82) is 5.26 Å². The Balaban J connectivity index is 2.92. The monoisotopic (exact) mass is 387 g/mol. The molecule has 0 aliphatic carbocycles. The molecule has 0 radical (unpaired) electrons. The van der Waals surface area contributed by atoms with Gasteiger partial charge >= 0.3 is 5.97 Å². The van der Waals surface area contributed by atoms with Crippen LogP contribution in [0.1, 0.15) is 24.2 Å². The summed E-state index contributed by atoms with van der Waals surface area (Å²) in [5.74, 6) is -1.46. The summed E-state index contributed by atoms with van der Waals surface area (Å²) in [5, 5.41) is 8.94. The van der Waals surface area contributed by atoms with Gasteiger partial charge in [0.05, 0.1) is 16.7 Å². The number of sulfonamides is 1. The fraction of sp³-hybridized carbons (Fsp3) is 0.400. The summed E-state index contributed by atoms with van der Waals surface area (Å²) in [5.41, 5.74) is -1.13. The Morgan fingerprint density at radius 2 is 2.00 bits per heavy atom. The maximum Gasteiger partial charge on any atom is 0.338 e. The molecule has 0 spiro atoms. The number of hydrogen-bond donors (Lipinski definition) is 1. The van der Waals surface area contributed by atoms with E-state index in [1.165, 1.54) is 26.2 Å². The molecule has 1 rings (SSSR count). The number of carbonyl (C=O) groups excluding carboxylic acids is 2. The van der Waals surface area contributed by atoms with Crippen molar-refractivity contribution < 1.29 is 22.7 Å². The number of carbonyl (C=O) groups is 2. The Labute approximate surface area is 151 Å². The fourth-order valence-electron chi connectivity index (χ4n) is 1.64. The summed E-state index contributed by atoms with van der Waals surface area (Å²) < 4.78 is 30.7. The van der Waals surface area contributed by atoms with Crippen LogP contribution in [0.2, 0.25) is 5.02 Å². The summed E-state index contributed by atoms with van der Waals surface area (Å²) in [7, 11) is -1.23.